The summed E-state index contributed by atoms with van der Waals surface area (Å²) in [6.45, 7) is 0.949. The highest BCUT2D eigenvalue weighted by molar-refractivity contribution is 5.20. The van der Waals surface area contributed by atoms with Crippen LogP contribution < -0.4 is 5.73 Å². The normalized spacial score (nSPS) is 10.8. The number of halogens is 2. The Hall–Kier alpha value is -1.68. The Morgan fingerprint density at radius 1 is 1.18 bits per heavy atom. The Morgan fingerprint density at radius 3 is 2.71 bits per heavy atom. The zero-order valence-corrected chi connectivity index (χ0v) is 9.37. The molecule has 0 spiro atoms. The molecule has 0 bridgehead atoms. The SMILES string of the molecule is NCCc1cccn1Cc1ccc(F)cc1F. The molecule has 4 heteroatoms. The molecule has 2 N–H and O–H groups in total. The Kier molecular flexibility index (Phi) is 3.54. The summed E-state index contributed by atoms with van der Waals surface area (Å²) in [5, 5.41) is 0. The number of hydrogen-bond donors (Lipinski definition) is 1. The summed E-state index contributed by atoms with van der Waals surface area (Å²) in [6.07, 6.45) is 2.61. The van der Waals surface area contributed by atoms with Gasteiger partial charge >= 0.3 is 0 Å². The van der Waals surface area contributed by atoms with Crippen LogP contribution in [0.25, 0.3) is 0 Å². The Labute approximate surface area is 98.7 Å². The van der Waals surface area contributed by atoms with Crippen molar-refractivity contribution >= 4 is 0 Å². The van der Waals surface area contributed by atoms with E-state index in [1.54, 1.807) is 0 Å². The molecule has 17 heavy (non-hydrogen) atoms. The predicted molar refractivity (Wildman–Crippen MR) is 62.7 cm³/mol. The minimum absolute atomic E-state index is 0.397. The van der Waals surface area contributed by atoms with Crippen LogP contribution in [-0.4, -0.2) is 11.1 Å². The van der Waals surface area contributed by atoms with Crippen LogP contribution in [0.4, 0.5) is 8.78 Å². The first-order valence-electron chi connectivity index (χ1n) is 5.48. The van der Waals surface area contributed by atoms with E-state index < -0.39 is 11.6 Å². The van der Waals surface area contributed by atoms with Crippen molar-refractivity contribution in [3.8, 4) is 0 Å². The molecule has 0 atom stereocenters. The van der Waals surface area contributed by atoms with Gasteiger partial charge in [0.2, 0.25) is 0 Å². The predicted octanol–water partition coefficient (Wildman–Crippen LogP) is 2.32. The van der Waals surface area contributed by atoms with E-state index >= 15 is 0 Å². The van der Waals surface area contributed by atoms with Gasteiger partial charge in [-0.15, -0.1) is 0 Å². The fourth-order valence-electron chi connectivity index (χ4n) is 1.81. The van der Waals surface area contributed by atoms with E-state index in [0.29, 0.717) is 18.7 Å². The largest absolute Gasteiger partial charge is 0.347 e. The van der Waals surface area contributed by atoms with E-state index in [1.165, 1.54) is 12.1 Å². The molecule has 0 saturated carbocycles. The maximum absolute atomic E-state index is 13.5. The number of aromatic nitrogens is 1. The third kappa shape index (κ3) is 2.71. The van der Waals surface area contributed by atoms with Gasteiger partial charge in [-0.25, -0.2) is 8.78 Å². The summed E-state index contributed by atoms with van der Waals surface area (Å²) < 4.78 is 28.2. The molecular formula is C13H14F2N2. The van der Waals surface area contributed by atoms with E-state index in [9.17, 15) is 8.78 Å². The van der Waals surface area contributed by atoms with Crippen molar-refractivity contribution in [2.24, 2.45) is 5.73 Å². The number of rotatable bonds is 4. The van der Waals surface area contributed by atoms with Crippen molar-refractivity contribution in [2.45, 2.75) is 13.0 Å². The molecule has 0 radical (unpaired) electrons. The second-order valence-corrected chi connectivity index (χ2v) is 3.90. The van der Waals surface area contributed by atoms with Crippen molar-refractivity contribution in [3.63, 3.8) is 0 Å². The molecule has 0 aliphatic carbocycles. The van der Waals surface area contributed by atoms with Crippen LogP contribution in [0.3, 0.4) is 0 Å². The van der Waals surface area contributed by atoms with Crippen LogP contribution in [0.1, 0.15) is 11.3 Å². The molecule has 90 valence electrons. The number of nitrogens with two attached hydrogens (primary N) is 1. The topological polar surface area (TPSA) is 30.9 Å². The molecule has 1 aromatic carbocycles. The summed E-state index contributed by atoms with van der Waals surface area (Å²) in [7, 11) is 0. The second kappa shape index (κ2) is 5.10. The van der Waals surface area contributed by atoms with Gasteiger partial charge in [0.25, 0.3) is 0 Å². The van der Waals surface area contributed by atoms with E-state index in [4.69, 9.17) is 5.73 Å². The lowest BCUT2D eigenvalue weighted by Gasteiger charge is -2.09. The van der Waals surface area contributed by atoms with Gasteiger partial charge < -0.3 is 10.3 Å². The van der Waals surface area contributed by atoms with Gasteiger partial charge in [0, 0.05) is 23.5 Å². The second-order valence-electron chi connectivity index (χ2n) is 3.90. The van der Waals surface area contributed by atoms with Crippen molar-refractivity contribution in [2.75, 3.05) is 6.54 Å². The number of hydrogen-bond acceptors (Lipinski definition) is 1. The standard InChI is InChI=1S/C13H14F2N2/c14-11-4-3-10(13(15)8-11)9-17-7-1-2-12(17)5-6-16/h1-4,7-8H,5-6,9,16H2. The Bertz CT molecular complexity index is 506. The Balaban J connectivity index is 2.22. The van der Waals surface area contributed by atoms with E-state index in [0.717, 1.165) is 18.2 Å². The van der Waals surface area contributed by atoms with Gasteiger partial charge in [0.1, 0.15) is 11.6 Å². The molecule has 0 amide bonds. The van der Waals surface area contributed by atoms with Gasteiger partial charge in [-0.05, 0) is 31.2 Å². The average Bonchev–Trinajstić information content (AvgIpc) is 2.71. The van der Waals surface area contributed by atoms with Crippen LogP contribution in [0.15, 0.2) is 36.5 Å². The monoisotopic (exact) mass is 236 g/mol. The van der Waals surface area contributed by atoms with Gasteiger partial charge in [-0.3, -0.25) is 0 Å². The van der Waals surface area contributed by atoms with E-state index in [1.807, 2.05) is 22.9 Å². The van der Waals surface area contributed by atoms with Gasteiger partial charge in [-0.1, -0.05) is 6.07 Å². The minimum atomic E-state index is -0.555. The molecule has 1 aromatic heterocycles. The summed E-state index contributed by atoms with van der Waals surface area (Å²) >= 11 is 0. The molecule has 0 unspecified atom stereocenters. The minimum Gasteiger partial charge on any atom is -0.347 e. The zero-order chi connectivity index (χ0) is 12.3. The molecule has 0 fully saturated rings. The van der Waals surface area contributed by atoms with Crippen LogP contribution in [0.5, 0.6) is 0 Å². The molecule has 1 heterocycles. The number of benzene rings is 1. The molecule has 2 aromatic rings. The third-order valence-corrected chi connectivity index (χ3v) is 2.68. The molecule has 0 saturated heterocycles. The number of nitrogens with zero attached hydrogens (tertiary/aromatic N) is 1. The third-order valence-electron chi connectivity index (χ3n) is 2.68. The van der Waals surface area contributed by atoms with Crippen LogP contribution in [0.2, 0.25) is 0 Å². The summed E-state index contributed by atoms with van der Waals surface area (Å²) in [4.78, 5) is 0. The summed E-state index contributed by atoms with van der Waals surface area (Å²) in [5.74, 6) is -1.07. The average molecular weight is 236 g/mol. The maximum atomic E-state index is 13.5. The lowest BCUT2D eigenvalue weighted by atomic mass is 10.2. The summed E-state index contributed by atoms with van der Waals surface area (Å²) in [5.41, 5.74) is 7.02. The maximum Gasteiger partial charge on any atom is 0.131 e. The lowest BCUT2D eigenvalue weighted by Crippen LogP contribution is -2.10. The van der Waals surface area contributed by atoms with Crippen LogP contribution in [0, 0.1) is 11.6 Å². The molecular weight excluding hydrogens is 222 g/mol. The highest BCUT2D eigenvalue weighted by atomic mass is 19.1. The first kappa shape index (κ1) is 11.8. The fourth-order valence-corrected chi connectivity index (χ4v) is 1.81. The molecule has 2 nitrogen and oxygen atoms in total. The van der Waals surface area contributed by atoms with Crippen molar-refractivity contribution in [3.05, 3.63) is 59.4 Å². The smallest absolute Gasteiger partial charge is 0.131 e. The highest BCUT2D eigenvalue weighted by Crippen LogP contribution is 2.13. The molecule has 0 aliphatic rings. The first-order valence-corrected chi connectivity index (χ1v) is 5.48. The quantitative estimate of drug-likeness (QED) is 0.867. The van der Waals surface area contributed by atoms with Crippen molar-refractivity contribution in [1.29, 1.82) is 0 Å². The lowest BCUT2D eigenvalue weighted by molar-refractivity contribution is 0.564. The summed E-state index contributed by atoms with van der Waals surface area (Å²) in [6, 6.07) is 7.49. The zero-order valence-electron chi connectivity index (χ0n) is 9.37. The highest BCUT2D eigenvalue weighted by Gasteiger charge is 2.06. The van der Waals surface area contributed by atoms with E-state index in [-0.39, 0.29) is 0 Å². The van der Waals surface area contributed by atoms with Crippen LogP contribution in [-0.2, 0) is 13.0 Å². The van der Waals surface area contributed by atoms with Gasteiger partial charge in [0.05, 0.1) is 6.54 Å². The van der Waals surface area contributed by atoms with Crippen LogP contribution >= 0.6 is 0 Å². The first-order chi connectivity index (χ1) is 8.20. The van der Waals surface area contributed by atoms with Crippen molar-refractivity contribution in [1.82, 2.24) is 4.57 Å². The van der Waals surface area contributed by atoms with Gasteiger partial charge in [0.15, 0.2) is 0 Å². The fraction of sp³-hybridized carbons (Fsp3) is 0.231. The van der Waals surface area contributed by atoms with Gasteiger partial charge in [-0.2, -0.15) is 0 Å². The van der Waals surface area contributed by atoms with E-state index in [2.05, 4.69) is 0 Å². The molecule has 0 aliphatic heterocycles. The van der Waals surface area contributed by atoms with Crippen molar-refractivity contribution < 1.29 is 8.78 Å². The molecule has 2 rings (SSSR count). The Morgan fingerprint density at radius 2 is 2.00 bits per heavy atom.